The molecule has 0 aliphatic carbocycles. The summed E-state index contributed by atoms with van der Waals surface area (Å²) in [7, 11) is 0. The third kappa shape index (κ3) is 1.59. The Bertz CT molecular complexity index is 544. The minimum absolute atomic E-state index is 0.698. The van der Waals surface area contributed by atoms with Crippen LogP contribution in [-0.2, 0) is 19.4 Å². The van der Waals surface area contributed by atoms with Crippen LogP contribution in [0.3, 0.4) is 0 Å². The standard InChI is InChI=1S/C13H13BrClN/c14-12-8-16-5-1-2-10-6-9(3-4-15)7-11(12)13(10)16/h6-8H,1-5H2. The summed E-state index contributed by atoms with van der Waals surface area (Å²) in [6, 6.07) is 4.60. The van der Waals surface area contributed by atoms with Gasteiger partial charge in [0.25, 0.3) is 0 Å². The predicted octanol–water partition coefficient (Wildman–Crippen LogP) is 4.13. The maximum Gasteiger partial charge on any atom is 0.0524 e. The minimum atomic E-state index is 0.698. The zero-order chi connectivity index (χ0) is 11.1. The first-order valence-electron chi connectivity index (χ1n) is 5.65. The molecule has 84 valence electrons. The molecule has 2 heterocycles. The summed E-state index contributed by atoms with van der Waals surface area (Å²) in [5.74, 6) is 0.698. The summed E-state index contributed by atoms with van der Waals surface area (Å²) in [4.78, 5) is 0. The van der Waals surface area contributed by atoms with Crippen molar-refractivity contribution >= 4 is 38.4 Å². The van der Waals surface area contributed by atoms with Crippen LogP contribution in [0.4, 0.5) is 0 Å². The number of hydrogen-bond acceptors (Lipinski definition) is 0. The third-order valence-corrected chi connectivity index (χ3v) is 4.11. The van der Waals surface area contributed by atoms with Gasteiger partial charge in [-0.3, -0.25) is 0 Å². The highest BCUT2D eigenvalue weighted by atomic mass is 79.9. The molecule has 0 bridgehead atoms. The molecule has 0 saturated carbocycles. The van der Waals surface area contributed by atoms with Crippen LogP contribution in [0.15, 0.2) is 22.8 Å². The first-order chi connectivity index (χ1) is 7.79. The van der Waals surface area contributed by atoms with Crippen LogP contribution in [0.1, 0.15) is 17.5 Å². The van der Waals surface area contributed by atoms with E-state index in [1.54, 1.807) is 0 Å². The molecule has 1 aliphatic rings. The van der Waals surface area contributed by atoms with Crippen LogP contribution >= 0.6 is 27.5 Å². The molecular weight excluding hydrogens is 286 g/mol. The normalized spacial score (nSPS) is 14.6. The molecule has 16 heavy (non-hydrogen) atoms. The van der Waals surface area contributed by atoms with Gasteiger partial charge in [-0.2, -0.15) is 0 Å². The van der Waals surface area contributed by atoms with E-state index in [0.29, 0.717) is 5.88 Å². The molecule has 0 N–H and O–H groups in total. The van der Waals surface area contributed by atoms with Gasteiger partial charge in [-0.25, -0.2) is 0 Å². The van der Waals surface area contributed by atoms with Crippen molar-refractivity contribution in [1.82, 2.24) is 4.57 Å². The molecule has 1 aromatic heterocycles. The molecule has 0 atom stereocenters. The number of rotatable bonds is 2. The second-order valence-corrected chi connectivity index (χ2v) is 5.60. The monoisotopic (exact) mass is 297 g/mol. The molecule has 1 aromatic carbocycles. The first-order valence-corrected chi connectivity index (χ1v) is 6.98. The van der Waals surface area contributed by atoms with Crippen molar-refractivity contribution in [3.8, 4) is 0 Å². The van der Waals surface area contributed by atoms with E-state index in [1.165, 1.54) is 39.3 Å². The number of benzene rings is 1. The number of hydrogen-bond donors (Lipinski definition) is 0. The van der Waals surface area contributed by atoms with Gasteiger partial charge in [-0.05, 0) is 52.4 Å². The second-order valence-electron chi connectivity index (χ2n) is 4.36. The molecule has 0 spiro atoms. The summed E-state index contributed by atoms with van der Waals surface area (Å²) in [6.45, 7) is 1.14. The van der Waals surface area contributed by atoms with Gasteiger partial charge in [0.2, 0.25) is 0 Å². The maximum absolute atomic E-state index is 5.82. The van der Waals surface area contributed by atoms with E-state index < -0.39 is 0 Å². The van der Waals surface area contributed by atoms with Crippen LogP contribution in [-0.4, -0.2) is 10.4 Å². The van der Waals surface area contributed by atoms with Gasteiger partial charge in [0, 0.05) is 28.5 Å². The molecule has 3 heteroatoms. The molecule has 0 radical (unpaired) electrons. The molecule has 2 aromatic rings. The van der Waals surface area contributed by atoms with E-state index in [-0.39, 0.29) is 0 Å². The lowest BCUT2D eigenvalue weighted by Crippen LogP contribution is -2.07. The Morgan fingerprint density at radius 1 is 1.38 bits per heavy atom. The highest BCUT2D eigenvalue weighted by Gasteiger charge is 2.15. The fourth-order valence-corrected chi connectivity index (χ4v) is 3.38. The van der Waals surface area contributed by atoms with E-state index >= 15 is 0 Å². The lowest BCUT2D eigenvalue weighted by molar-refractivity contribution is 0.635. The molecule has 0 amide bonds. The van der Waals surface area contributed by atoms with Crippen molar-refractivity contribution in [1.29, 1.82) is 0 Å². The van der Waals surface area contributed by atoms with Crippen LogP contribution in [0.2, 0.25) is 0 Å². The Morgan fingerprint density at radius 3 is 3.06 bits per heavy atom. The number of aromatic nitrogens is 1. The van der Waals surface area contributed by atoms with Gasteiger partial charge in [-0.1, -0.05) is 6.07 Å². The SMILES string of the molecule is ClCCc1cc2c3c(c1)c(Br)cn3CCC2. The number of halogens is 2. The van der Waals surface area contributed by atoms with Crippen molar-refractivity contribution < 1.29 is 0 Å². The number of alkyl halides is 1. The van der Waals surface area contributed by atoms with Gasteiger partial charge < -0.3 is 4.57 Å². The maximum atomic E-state index is 5.82. The van der Waals surface area contributed by atoms with Crippen LogP contribution in [0.25, 0.3) is 10.9 Å². The van der Waals surface area contributed by atoms with Crippen molar-refractivity contribution in [2.45, 2.75) is 25.8 Å². The van der Waals surface area contributed by atoms with Gasteiger partial charge >= 0.3 is 0 Å². The predicted molar refractivity (Wildman–Crippen MR) is 72.4 cm³/mol. The number of aryl methyl sites for hydroxylation is 3. The van der Waals surface area contributed by atoms with E-state index in [2.05, 4.69) is 38.8 Å². The molecule has 3 rings (SSSR count). The van der Waals surface area contributed by atoms with Crippen LogP contribution in [0, 0.1) is 0 Å². The average Bonchev–Trinajstić information content (AvgIpc) is 2.58. The molecule has 0 fully saturated rings. The molecule has 0 saturated heterocycles. The molecule has 0 unspecified atom stereocenters. The van der Waals surface area contributed by atoms with Crippen molar-refractivity contribution in [3.05, 3.63) is 33.9 Å². The highest BCUT2D eigenvalue weighted by Crippen LogP contribution is 2.33. The summed E-state index contributed by atoms with van der Waals surface area (Å²) < 4.78 is 3.57. The highest BCUT2D eigenvalue weighted by molar-refractivity contribution is 9.10. The summed E-state index contributed by atoms with van der Waals surface area (Å²) >= 11 is 9.48. The van der Waals surface area contributed by atoms with E-state index in [1.807, 2.05) is 0 Å². The lowest BCUT2D eigenvalue weighted by atomic mass is 9.99. The Labute approximate surface area is 109 Å². The lowest BCUT2D eigenvalue weighted by Gasteiger charge is -2.16. The number of nitrogens with zero attached hydrogens (tertiary/aromatic N) is 1. The molecular formula is C13H13BrClN. The smallest absolute Gasteiger partial charge is 0.0524 e. The fraction of sp³-hybridized carbons (Fsp3) is 0.385. The first kappa shape index (κ1) is 10.7. The summed E-state index contributed by atoms with van der Waals surface area (Å²) in [5, 5.41) is 1.34. The topological polar surface area (TPSA) is 4.93 Å². The average molecular weight is 299 g/mol. The Kier molecular flexibility index (Phi) is 2.72. The van der Waals surface area contributed by atoms with E-state index in [0.717, 1.165) is 13.0 Å². The quantitative estimate of drug-likeness (QED) is 0.735. The van der Waals surface area contributed by atoms with Gasteiger partial charge in [-0.15, -0.1) is 11.6 Å². The van der Waals surface area contributed by atoms with Crippen molar-refractivity contribution in [2.75, 3.05) is 5.88 Å². The molecule has 1 aliphatic heterocycles. The van der Waals surface area contributed by atoms with Gasteiger partial charge in [0.15, 0.2) is 0 Å². The molecule has 1 nitrogen and oxygen atoms in total. The van der Waals surface area contributed by atoms with Gasteiger partial charge in [0.1, 0.15) is 0 Å². The summed E-state index contributed by atoms with van der Waals surface area (Å²) in [6.07, 6.45) is 5.61. The van der Waals surface area contributed by atoms with E-state index in [9.17, 15) is 0 Å². The van der Waals surface area contributed by atoms with Crippen molar-refractivity contribution in [3.63, 3.8) is 0 Å². The zero-order valence-electron chi connectivity index (χ0n) is 8.97. The van der Waals surface area contributed by atoms with Gasteiger partial charge in [0.05, 0.1) is 5.52 Å². The minimum Gasteiger partial charge on any atom is -0.346 e. The van der Waals surface area contributed by atoms with Crippen LogP contribution < -0.4 is 0 Å². The Balaban J connectivity index is 2.28. The van der Waals surface area contributed by atoms with E-state index in [4.69, 9.17) is 11.6 Å². The second kappa shape index (κ2) is 4.08. The largest absolute Gasteiger partial charge is 0.346 e. The van der Waals surface area contributed by atoms with Crippen LogP contribution in [0.5, 0.6) is 0 Å². The zero-order valence-corrected chi connectivity index (χ0v) is 11.3. The third-order valence-electron chi connectivity index (χ3n) is 3.29. The summed E-state index contributed by atoms with van der Waals surface area (Å²) in [5.41, 5.74) is 4.25. The Morgan fingerprint density at radius 2 is 2.25 bits per heavy atom. The Hall–Kier alpha value is -0.470. The van der Waals surface area contributed by atoms with Crippen molar-refractivity contribution in [2.24, 2.45) is 0 Å². The fourth-order valence-electron chi connectivity index (χ4n) is 2.61.